The van der Waals surface area contributed by atoms with E-state index in [0.29, 0.717) is 28.5 Å². The van der Waals surface area contributed by atoms with Gasteiger partial charge in [-0.1, -0.05) is 12.1 Å². The number of piperazine rings is 1. The third-order valence-electron chi connectivity index (χ3n) is 9.68. The first kappa shape index (κ1) is 26.9. The Kier molecular flexibility index (Phi) is 6.25. The molecule has 0 radical (unpaired) electrons. The van der Waals surface area contributed by atoms with Crippen molar-refractivity contribution in [2.24, 2.45) is 5.41 Å². The third kappa shape index (κ3) is 4.23. The molecular formula is C32H38N8O2. The molecule has 3 aromatic heterocycles. The Labute approximate surface area is 245 Å². The smallest absolute Gasteiger partial charge is 0.278 e. The second-order valence-corrected chi connectivity index (χ2v) is 12.4. The molecule has 2 aliphatic carbocycles. The number of allylic oxidation sites excluding steroid dienone is 1. The highest BCUT2D eigenvalue weighted by Gasteiger charge is 2.59. The van der Waals surface area contributed by atoms with Gasteiger partial charge in [0, 0.05) is 49.2 Å². The normalized spacial score (nSPS) is 21.5. The van der Waals surface area contributed by atoms with Crippen LogP contribution in [0, 0.1) is 12.3 Å². The van der Waals surface area contributed by atoms with Crippen LogP contribution in [0.2, 0.25) is 0 Å². The van der Waals surface area contributed by atoms with Crippen molar-refractivity contribution in [3.63, 3.8) is 0 Å². The highest BCUT2D eigenvalue weighted by molar-refractivity contribution is 5.77. The van der Waals surface area contributed by atoms with Crippen molar-refractivity contribution < 1.29 is 5.11 Å². The van der Waals surface area contributed by atoms with Gasteiger partial charge in [0.2, 0.25) is 5.95 Å². The number of hydrogen-bond donors (Lipinski definition) is 2. The summed E-state index contributed by atoms with van der Waals surface area (Å²) >= 11 is 0. The van der Waals surface area contributed by atoms with Gasteiger partial charge in [-0.15, -0.1) is 6.58 Å². The largest absolute Gasteiger partial charge is 0.383 e. The molecule has 4 aromatic rings. The summed E-state index contributed by atoms with van der Waals surface area (Å²) in [7, 11) is 2.16. The lowest BCUT2D eigenvalue weighted by Gasteiger charge is -2.38. The molecule has 2 fully saturated rings. The second kappa shape index (κ2) is 9.78. The number of benzene rings is 1. The molecule has 10 heteroatoms. The van der Waals surface area contributed by atoms with Crippen molar-refractivity contribution in [1.82, 2.24) is 29.2 Å². The maximum Gasteiger partial charge on any atom is 0.278 e. The minimum absolute atomic E-state index is 0.0948. The number of nitrogens with one attached hydrogen (secondary N) is 1. The first-order valence-electron chi connectivity index (χ1n) is 14.8. The van der Waals surface area contributed by atoms with Gasteiger partial charge in [-0.2, -0.15) is 4.98 Å². The van der Waals surface area contributed by atoms with Crippen molar-refractivity contribution >= 4 is 28.4 Å². The number of aliphatic hydroxyl groups is 1. The summed E-state index contributed by atoms with van der Waals surface area (Å²) in [4.78, 5) is 32.6. The van der Waals surface area contributed by atoms with E-state index in [4.69, 9.17) is 9.97 Å². The van der Waals surface area contributed by atoms with E-state index in [-0.39, 0.29) is 17.5 Å². The number of nitrogens with zero attached hydrogens (tertiary/aromatic N) is 7. The van der Waals surface area contributed by atoms with Crippen molar-refractivity contribution in [2.45, 2.75) is 51.7 Å². The lowest BCUT2D eigenvalue weighted by Crippen LogP contribution is -2.44. The quantitative estimate of drug-likeness (QED) is 0.339. The highest BCUT2D eigenvalue weighted by atomic mass is 16.3. The standard InChI is InChI=1S/C32H38N8O2/c1-5-14-39-29(41)24-20-33-30(34-23-7-8-25(21(2)19-23)38-17-15-37(4)16-18-38)36-28(24)40(39)26-9-6-22-10-11-32(12-13-32)31(3,42)27(22)35-26/h5-9,19-20,42H,1,10-18H2,2-4H3,(H,33,34,36)/t31-/m0/s1. The van der Waals surface area contributed by atoms with Crippen LogP contribution in [-0.2, 0) is 18.6 Å². The first-order chi connectivity index (χ1) is 20.2. The van der Waals surface area contributed by atoms with Gasteiger partial charge >= 0.3 is 0 Å². The molecule has 218 valence electrons. The maximum atomic E-state index is 13.5. The topological polar surface area (TPSA) is 104 Å². The van der Waals surface area contributed by atoms with Crippen LogP contribution in [0.25, 0.3) is 16.9 Å². The number of rotatable bonds is 6. The fourth-order valence-electron chi connectivity index (χ4n) is 6.85. The number of fused-ring (bicyclic) bond motifs is 2. The van der Waals surface area contributed by atoms with E-state index in [1.165, 1.54) is 11.3 Å². The molecule has 0 bridgehead atoms. The molecule has 1 aromatic carbocycles. The number of hydrogen-bond acceptors (Lipinski definition) is 8. The average molecular weight is 567 g/mol. The van der Waals surface area contributed by atoms with Crippen LogP contribution in [-0.4, -0.2) is 67.5 Å². The van der Waals surface area contributed by atoms with Gasteiger partial charge in [-0.05, 0) is 82.0 Å². The van der Waals surface area contributed by atoms with Crippen LogP contribution in [0.1, 0.15) is 43.0 Å². The van der Waals surface area contributed by atoms with Crippen LogP contribution in [0.3, 0.4) is 0 Å². The molecule has 10 nitrogen and oxygen atoms in total. The number of aryl methyl sites for hydroxylation is 2. The molecule has 4 heterocycles. The number of anilines is 3. The number of aromatic nitrogens is 5. The predicted molar refractivity (Wildman–Crippen MR) is 165 cm³/mol. The zero-order valence-corrected chi connectivity index (χ0v) is 24.6. The zero-order chi connectivity index (χ0) is 29.2. The molecule has 0 unspecified atom stereocenters. The Balaban J connectivity index is 1.26. The molecule has 1 atom stereocenters. The summed E-state index contributed by atoms with van der Waals surface area (Å²) in [5.74, 6) is 0.929. The Morgan fingerprint density at radius 1 is 1.10 bits per heavy atom. The van der Waals surface area contributed by atoms with Crippen LogP contribution in [0.4, 0.5) is 17.3 Å². The summed E-state index contributed by atoms with van der Waals surface area (Å²) in [5, 5.41) is 15.4. The van der Waals surface area contributed by atoms with Gasteiger partial charge in [-0.3, -0.25) is 4.79 Å². The average Bonchev–Trinajstić information content (AvgIpc) is 3.72. The highest BCUT2D eigenvalue weighted by Crippen LogP contribution is 2.63. The number of likely N-dealkylation sites (N-methyl/N-ethyl adjacent to an activating group) is 1. The summed E-state index contributed by atoms with van der Waals surface area (Å²) in [6.07, 6.45) is 7.14. The predicted octanol–water partition coefficient (Wildman–Crippen LogP) is 3.90. The Bertz CT molecular complexity index is 1760. The lowest BCUT2D eigenvalue weighted by molar-refractivity contribution is -0.0371. The van der Waals surface area contributed by atoms with Gasteiger partial charge < -0.3 is 20.2 Å². The molecular weight excluding hydrogens is 528 g/mol. The fraction of sp³-hybridized carbons (Fsp3) is 0.438. The van der Waals surface area contributed by atoms with E-state index in [1.54, 1.807) is 21.6 Å². The van der Waals surface area contributed by atoms with E-state index in [9.17, 15) is 9.90 Å². The fourth-order valence-corrected chi connectivity index (χ4v) is 6.85. The summed E-state index contributed by atoms with van der Waals surface area (Å²) in [5.41, 5.74) is 4.18. The van der Waals surface area contributed by atoms with E-state index in [0.717, 1.165) is 63.1 Å². The molecule has 1 saturated heterocycles. The van der Waals surface area contributed by atoms with Gasteiger partial charge in [0.15, 0.2) is 11.5 Å². The van der Waals surface area contributed by atoms with Gasteiger partial charge in [0.1, 0.15) is 11.0 Å². The SMILES string of the molecule is C=CCn1c(=O)c2cnc(Nc3ccc(N4CCN(C)CC4)c(C)c3)nc2n1-c1ccc2c(n1)[C@](C)(O)C1(CC2)CC1. The van der Waals surface area contributed by atoms with E-state index in [1.807, 2.05) is 25.1 Å². The monoisotopic (exact) mass is 566 g/mol. The summed E-state index contributed by atoms with van der Waals surface area (Å²) in [6.45, 7) is 12.3. The molecule has 2 N–H and O–H groups in total. The van der Waals surface area contributed by atoms with Crippen molar-refractivity contribution in [3.05, 3.63) is 76.4 Å². The minimum atomic E-state index is -1.01. The maximum absolute atomic E-state index is 13.5. The summed E-state index contributed by atoms with van der Waals surface area (Å²) in [6, 6.07) is 10.2. The summed E-state index contributed by atoms with van der Waals surface area (Å²) < 4.78 is 3.31. The van der Waals surface area contributed by atoms with E-state index < -0.39 is 5.60 Å². The van der Waals surface area contributed by atoms with E-state index in [2.05, 4.69) is 52.8 Å². The Morgan fingerprint density at radius 3 is 2.60 bits per heavy atom. The molecule has 7 rings (SSSR count). The van der Waals surface area contributed by atoms with Gasteiger partial charge in [-0.25, -0.2) is 19.3 Å². The lowest BCUT2D eigenvalue weighted by atomic mass is 9.72. The molecule has 3 aliphatic rings. The van der Waals surface area contributed by atoms with Crippen LogP contribution in [0.15, 0.2) is 54.0 Å². The van der Waals surface area contributed by atoms with Crippen molar-refractivity contribution in [2.75, 3.05) is 43.4 Å². The molecule has 1 aliphatic heterocycles. The zero-order valence-electron chi connectivity index (χ0n) is 24.6. The van der Waals surface area contributed by atoms with Gasteiger partial charge in [0.25, 0.3) is 5.56 Å². The Hall–Kier alpha value is -4.02. The molecule has 1 saturated carbocycles. The first-order valence-corrected chi connectivity index (χ1v) is 14.8. The van der Waals surface area contributed by atoms with Crippen LogP contribution < -0.4 is 15.8 Å². The minimum Gasteiger partial charge on any atom is -0.383 e. The van der Waals surface area contributed by atoms with Gasteiger partial charge in [0.05, 0.1) is 12.2 Å². The second-order valence-electron chi connectivity index (χ2n) is 12.4. The molecule has 42 heavy (non-hydrogen) atoms. The molecule has 0 amide bonds. The molecule has 1 spiro atoms. The van der Waals surface area contributed by atoms with E-state index >= 15 is 0 Å². The van der Waals surface area contributed by atoms with Crippen LogP contribution >= 0.6 is 0 Å². The third-order valence-corrected chi connectivity index (χ3v) is 9.68. The van der Waals surface area contributed by atoms with Crippen molar-refractivity contribution in [3.8, 4) is 5.82 Å². The van der Waals surface area contributed by atoms with Crippen LogP contribution in [0.5, 0.6) is 0 Å². The Morgan fingerprint density at radius 2 is 1.88 bits per heavy atom. The van der Waals surface area contributed by atoms with Crippen molar-refractivity contribution in [1.29, 1.82) is 0 Å². The number of pyridine rings is 1.